The van der Waals surface area contributed by atoms with Gasteiger partial charge in [-0.2, -0.15) is 0 Å². The third kappa shape index (κ3) is 7.84. The molecule has 0 aromatic carbocycles. The van der Waals surface area contributed by atoms with E-state index in [9.17, 15) is 5.11 Å². The lowest BCUT2D eigenvalue weighted by atomic mass is 10.0. The van der Waals surface area contributed by atoms with Gasteiger partial charge < -0.3 is 19.9 Å². The highest BCUT2D eigenvalue weighted by Gasteiger charge is 2.17. The van der Waals surface area contributed by atoms with Gasteiger partial charge in [0.05, 0.1) is 25.9 Å². The largest absolute Gasteiger partial charge is 0.389 e. The maximum atomic E-state index is 9.95. The van der Waals surface area contributed by atoms with E-state index in [0.717, 1.165) is 19.6 Å². The van der Waals surface area contributed by atoms with Gasteiger partial charge in [0, 0.05) is 26.2 Å². The molecule has 114 valence electrons. The van der Waals surface area contributed by atoms with E-state index >= 15 is 0 Å². The number of hydrogen-bond donors (Lipinski definition) is 2. The Balaban J connectivity index is 2.15. The van der Waals surface area contributed by atoms with Crippen LogP contribution in [0.15, 0.2) is 0 Å². The summed E-state index contributed by atoms with van der Waals surface area (Å²) in [6.45, 7) is 7.45. The first kappa shape index (κ1) is 16.9. The molecule has 2 unspecified atom stereocenters. The van der Waals surface area contributed by atoms with Gasteiger partial charge in [0.15, 0.2) is 0 Å². The van der Waals surface area contributed by atoms with E-state index in [1.807, 2.05) is 0 Å². The van der Waals surface area contributed by atoms with E-state index in [0.29, 0.717) is 32.4 Å². The summed E-state index contributed by atoms with van der Waals surface area (Å²) < 4.78 is 10.3. The number of rotatable bonds is 10. The number of nitrogens with one attached hydrogen (secondary N) is 1. The zero-order valence-electron chi connectivity index (χ0n) is 12.4. The molecule has 1 aliphatic heterocycles. The summed E-state index contributed by atoms with van der Waals surface area (Å²) >= 11 is 0. The van der Waals surface area contributed by atoms with Crippen LogP contribution in [-0.2, 0) is 9.47 Å². The smallest absolute Gasteiger partial charge is 0.0900 e. The SMILES string of the molecule is CCN(CC(O)COCCOC)CC1CCCCN1. The predicted octanol–water partition coefficient (Wildman–Crippen LogP) is 0.474. The molecule has 0 saturated carbocycles. The van der Waals surface area contributed by atoms with Crippen molar-refractivity contribution >= 4 is 0 Å². The molecule has 5 heteroatoms. The van der Waals surface area contributed by atoms with Gasteiger partial charge in [0.25, 0.3) is 0 Å². The third-order valence-corrected chi connectivity index (χ3v) is 3.55. The first-order valence-corrected chi connectivity index (χ1v) is 7.46. The Hall–Kier alpha value is -0.200. The van der Waals surface area contributed by atoms with Crippen LogP contribution in [0.4, 0.5) is 0 Å². The van der Waals surface area contributed by atoms with Crippen molar-refractivity contribution in [2.75, 3.05) is 53.1 Å². The minimum Gasteiger partial charge on any atom is -0.389 e. The van der Waals surface area contributed by atoms with Crippen LogP contribution in [0.3, 0.4) is 0 Å². The second kappa shape index (κ2) is 10.6. The van der Waals surface area contributed by atoms with E-state index in [2.05, 4.69) is 17.1 Å². The summed E-state index contributed by atoms with van der Waals surface area (Å²) in [5.41, 5.74) is 0. The van der Waals surface area contributed by atoms with Crippen molar-refractivity contribution in [1.82, 2.24) is 10.2 Å². The van der Waals surface area contributed by atoms with Gasteiger partial charge in [-0.3, -0.25) is 4.90 Å². The number of nitrogens with zero attached hydrogens (tertiary/aromatic N) is 1. The molecular weight excluding hydrogens is 244 g/mol. The molecule has 0 aliphatic carbocycles. The van der Waals surface area contributed by atoms with E-state index in [1.165, 1.54) is 19.3 Å². The Morgan fingerprint density at radius 1 is 1.37 bits per heavy atom. The molecule has 19 heavy (non-hydrogen) atoms. The molecular formula is C14H30N2O3. The molecule has 1 aliphatic rings. The molecule has 1 fully saturated rings. The Kier molecular flexibility index (Phi) is 9.38. The van der Waals surface area contributed by atoms with Crippen LogP contribution in [0.25, 0.3) is 0 Å². The van der Waals surface area contributed by atoms with Gasteiger partial charge in [-0.25, -0.2) is 0 Å². The lowest BCUT2D eigenvalue weighted by Gasteiger charge is -2.31. The number of aliphatic hydroxyl groups excluding tert-OH is 1. The summed E-state index contributed by atoms with van der Waals surface area (Å²) in [5.74, 6) is 0. The zero-order valence-corrected chi connectivity index (χ0v) is 12.4. The number of likely N-dealkylation sites (N-methyl/N-ethyl adjacent to an activating group) is 1. The third-order valence-electron chi connectivity index (χ3n) is 3.55. The van der Waals surface area contributed by atoms with Crippen molar-refractivity contribution in [3.05, 3.63) is 0 Å². The fraction of sp³-hybridized carbons (Fsp3) is 1.00. The fourth-order valence-electron chi connectivity index (χ4n) is 2.44. The number of piperidine rings is 1. The van der Waals surface area contributed by atoms with Crippen LogP contribution in [-0.4, -0.2) is 75.3 Å². The van der Waals surface area contributed by atoms with Crippen molar-refractivity contribution in [3.63, 3.8) is 0 Å². The fourth-order valence-corrected chi connectivity index (χ4v) is 2.44. The molecule has 0 radical (unpaired) electrons. The van der Waals surface area contributed by atoms with Crippen LogP contribution in [0, 0.1) is 0 Å². The first-order chi connectivity index (χ1) is 9.26. The number of ether oxygens (including phenoxy) is 2. The standard InChI is InChI=1S/C14H30N2O3/c1-3-16(10-13-6-4-5-7-15-13)11-14(17)12-19-9-8-18-2/h13-15,17H,3-12H2,1-2H3. The highest BCUT2D eigenvalue weighted by atomic mass is 16.5. The van der Waals surface area contributed by atoms with Gasteiger partial charge in [-0.05, 0) is 25.9 Å². The maximum Gasteiger partial charge on any atom is 0.0900 e. The average Bonchev–Trinajstić information content (AvgIpc) is 2.44. The first-order valence-electron chi connectivity index (χ1n) is 7.46. The van der Waals surface area contributed by atoms with Gasteiger partial charge in [-0.15, -0.1) is 0 Å². The van der Waals surface area contributed by atoms with Gasteiger partial charge >= 0.3 is 0 Å². The minimum absolute atomic E-state index is 0.387. The Labute approximate surface area is 117 Å². The van der Waals surface area contributed by atoms with E-state index in [-0.39, 0.29) is 0 Å². The second-order valence-electron chi connectivity index (χ2n) is 5.22. The normalized spacial score (nSPS) is 21.8. The van der Waals surface area contributed by atoms with Gasteiger partial charge in [0.2, 0.25) is 0 Å². The molecule has 0 spiro atoms. The van der Waals surface area contributed by atoms with E-state index in [1.54, 1.807) is 7.11 Å². The molecule has 1 rings (SSSR count). The van der Waals surface area contributed by atoms with Crippen molar-refractivity contribution < 1.29 is 14.6 Å². The zero-order chi connectivity index (χ0) is 13.9. The van der Waals surface area contributed by atoms with Crippen molar-refractivity contribution in [1.29, 1.82) is 0 Å². The predicted molar refractivity (Wildman–Crippen MR) is 76.5 cm³/mol. The van der Waals surface area contributed by atoms with E-state index in [4.69, 9.17) is 9.47 Å². The van der Waals surface area contributed by atoms with Crippen LogP contribution in [0.5, 0.6) is 0 Å². The van der Waals surface area contributed by atoms with Crippen molar-refractivity contribution in [2.45, 2.75) is 38.3 Å². The molecule has 2 N–H and O–H groups in total. The Morgan fingerprint density at radius 2 is 2.21 bits per heavy atom. The summed E-state index contributed by atoms with van der Waals surface area (Å²) in [7, 11) is 1.65. The van der Waals surface area contributed by atoms with Crippen molar-refractivity contribution in [2.24, 2.45) is 0 Å². The van der Waals surface area contributed by atoms with Crippen LogP contribution in [0.2, 0.25) is 0 Å². The average molecular weight is 274 g/mol. The summed E-state index contributed by atoms with van der Waals surface area (Å²) in [6.07, 6.45) is 3.44. The van der Waals surface area contributed by atoms with Crippen LogP contribution >= 0.6 is 0 Å². The summed E-state index contributed by atoms with van der Waals surface area (Å²) in [5, 5.41) is 13.5. The molecule has 0 aromatic heterocycles. The Bertz CT molecular complexity index is 211. The minimum atomic E-state index is -0.416. The highest BCUT2D eigenvalue weighted by Crippen LogP contribution is 2.08. The number of aliphatic hydroxyl groups is 1. The number of methoxy groups -OCH3 is 1. The molecule has 0 bridgehead atoms. The van der Waals surface area contributed by atoms with Gasteiger partial charge in [0.1, 0.15) is 0 Å². The summed E-state index contributed by atoms with van der Waals surface area (Å²) in [6, 6.07) is 0.579. The lowest BCUT2D eigenvalue weighted by Crippen LogP contribution is -2.46. The molecule has 2 atom stereocenters. The van der Waals surface area contributed by atoms with Crippen LogP contribution in [0.1, 0.15) is 26.2 Å². The molecule has 1 saturated heterocycles. The lowest BCUT2D eigenvalue weighted by molar-refractivity contribution is -0.00122. The molecule has 0 aromatic rings. The quantitative estimate of drug-likeness (QED) is 0.567. The van der Waals surface area contributed by atoms with Gasteiger partial charge in [-0.1, -0.05) is 13.3 Å². The van der Waals surface area contributed by atoms with Crippen molar-refractivity contribution in [3.8, 4) is 0 Å². The second-order valence-corrected chi connectivity index (χ2v) is 5.22. The molecule has 5 nitrogen and oxygen atoms in total. The topological polar surface area (TPSA) is 54.0 Å². The van der Waals surface area contributed by atoms with E-state index < -0.39 is 6.10 Å². The monoisotopic (exact) mass is 274 g/mol. The summed E-state index contributed by atoms with van der Waals surface area (Å²) in [4.78, 5) is 2.30. The number of hydrogen-bond acceptors (Lipinski definition) is 5. The molecule has 1 heterocycles. The Morgan fingerprint density at radius 3 is 2.84 bits per heavy atom. The highest BCUT2D eigenvalue weighted by molar-refractivity contribution is 4.76. The molecule has 0 amide bonds. The van der Waals surface area contributed by atoms with Crippen LogP contribution < -0.4 is 5.32 Å². The maximum absolute atomic E-state index is 9.95.